The number of thiophene rings is 1. The number of hydrogen-bond acceptors (Lipinski definition) is 7. The van der Waals surface area contributed by atoms with E-state index in [1.165, 1.54) is 27.8 Å². The highest BCUT2D eigenvalue weighted by Gasteiger charge is 2.27. The number of hydrazine groups is 1. The summed E-state index contributed by atoms with van der Waals surface area (Å²) in [5, 5.41) is 1.70. The normalized spacial score (nSPS) is 14.6. The van der Waals surface area contributed by atoms with Crippen molar-refractivity contribution in [2.24, 2.45) is 0 Å². The summed E-state index contributed by atoms with van der Waals surface area (Å²) in [5.41, 5.74) is 4.15. The van der Waals surface area contributed by atoms with Crippen molar-refractivity contribution in [3.63, 3.8) is 0 Å². The number of nitrogens with one attached hydrogen (secondary N) is 2. The standard InChI is InChI=1S/C19H20ClN3O6S2/c20-15-7-6-13(31(27,28)23-8-2-1-3-9-23)11-14(15)19(26)29-12-17(24)21-22-18(25)16-5-4-10-30-16/h4-7,10-11H,1-3,8-9,12H2,(H,21,24)(H,22,25). The Morgan fingerprint density at radius 1 is 1.10 bits per heavy atom. The number of piperidine rings is 1. The Kier molecular flexibility index (Phi) is 7.65. The largest absolute Gasteiger partial charge is 0.452 e. The monoisotopic (exact) mass is 485 g/mol. The third kappa shape index (κ3) is 5.82. The van der Waals surface area contributed by atoms with Gasteiger partial charge in [-0.25, -0.2) is 13.2 Å². The molecule has 0 spiro atoms. The zero-order chi connectivity index (χ0) is 22.4. The fourth-order valence-electron chi connectivity index (χ4n) is 2.92. The molecule has 2 aromatic rings. The van der Waals surface area contributed by atoms with Crippen LogP contribution < -0.4 is 10.9 Å². The van der Waals surface area contributed by atoms with E-state index in [-0.39, 0.29) is 15.5 Å². The van der Waals surface area contributed by atoms with Gasteiger partial charge in [-0.15, -0.1) is 11.3 Å². The van der Waals surface area contributed by atoms with Gasteiger partial charge in [0.05, 0.1) is 20.4 Å². The Labute approximate surface area is 188 Å². The van der Waals surface area contributed by atoms with Crippen molar-refractivity contribution >= 4 is 50.7 Å². The van der Waals surface area contributed by atoms with Gasteiger partial charge in [-0.1, -0.05) is 24.1 Å². The molecule has 0 unspecified atom stereocenters. The first kappa shape index (κ1) is 23.2. The third-order valence-corrected chi connectivity index (χ3v) is 7.60. The summed E-state index contributed by atoms with van der Waals surface area (Å²) < 4.78 is 31.9. The topological polar surface area (TPSA) is 122 Å². The molecule has 0 aliphatic carbocycles. The van der Waals surface area contributed by atoms with Crippen LogP contribution in [0.3, 0.4) is 0 Å². The third-order valence-electron chi connectivity index (χ3n) is 4.51. The minimum atomic E-state index is -3.76. The fraction of sp³-hybridized carbons (Fsp3) is 0.316. The molecule has 2 N–H and O–H groups in total. The van der Waals surface area contributed by atoms with Crippen molar-refractivity contribution in [1.82, 2.24) is 15.2 Å². The van der Waals surface area contributed by atoms with E-state index in [9.17, 15) is 22.8 Å². The second-order valence-electron chi connectivity index (χ2n) is 6.66. The number of esters is 1. The molecular formula is C19H20ClN3O6S2. The molecule has 1 aromatic heterocycles. The molecule has 0 bridgehead atoms. The van der Waals surface area contributed by atoms with Gasteiger partial charge in [0, 0.05) is 13.1 Å². The summed E-state index contributed by atoms with van der Waals surface area (Å²) in [7, 11) is -3.76. The molecule has 3 rings (SSSR count). The first-order chi connectivity index (χ1) is 14.8. The van der Waals surface area contributed by atoms with E-state index >= 15 is 0 Å². The summed E-state index contributed by atoms with van der Waals surface area (Å²) in [6.07, 6.45) is 2.53. The minimum Gasteiger partial charge on any atom is -0.452 e. The van der Waals surface area contributed by atoms with Crippen molar-refractivity contribution in [3.8, 4) is 0 Å². The van der Waals surface area contributed by atoms with Gasteiger partial charge in [-0.3, -0.25) is 20.4 Å². The number of nitrogens with zero attached hydrogens (tertiary/aromatic N) is 1. The van der Waals surface area contributed by atoms with Crippen molar-refractivity contribution in [2.45, 2.75) is 24.2 Å². The number of hydrogen-bond donors (Lipinski definition) is 2. The van der Waals surface area contributed by atoms with Crippen LogP contribution in [-0.4, -0.2) is 50.2 Å². The smallest absolute Gasteiger partial charge is 0.340 e. The molecule has 0 atom stereocenters. The van der Waals surface area contributed by atoms with Gasteiger partial charge in [-0.05, 0) is 42.5 Å². The highest BCUT2D eigenvalue weighted by molar-refractivity contribution is 7.89. The van der Waals surface area contributed by atoms with Crippen LogP contribution in [0.5, 0.6) is 0 Å². The summed E-state index contributed by atoms with van der Waals surface area (Å²) in [6, 6.07) is 7.04. The number of rotatable bonds is 6. The molecule has 0 saturated carbocycles. The predicted molar refractivity (Wildman–Crippen MR) is 114 cm³/mol. The Hall–Kier alpha value is -2.47. The van der Waals surface area contributed by atoms with Gasteiger partial charge >= 0.3 is 5.97 Å². The summed E-state index contributed by atoms with van der Waals surface area (Å²) >= 11 is 7.23. The van der Waals surface area contributed by atoms with Crippen LogP contribution in [0.2, 0.25) is 5.02 Å². The molecule has 1 saturated heterocycles. The van der Waals surface area contributed by atoms with E-state index in [1.807, 2.05) is 0 Å². The molecule has 2 heterocycles. The molecule has 31 heavy (non-hydrogen) atoms. The Balaban J connectivity index is 1.60. The average molecular weight is 486 g/mol. The predicted octanol–water partition coefficient (Wildman–Crippen LogP) is 2.19. The van der Waals surface area contributed by atoms with Crippen molar-refractivity contribution in [1.29, 1.82) is 0 Å². The lowest BCUT2D eigenvalue weighted by Crippen LogP contribution is -2.43. The van der Waals surface area contributed by atoms with E-state index in [4.69, 9.17) is 16.3 Å². The van der Waals surface area contributed by atoms with Gasteiger partial charge in [0.25, 0.3) is 11.8 Å². The van der Waals surface area contributed by atoms with Gasteiger partial charge < -0.3 is 4.74 Å². The number of benzene rings is 1. The molecule has 166 valence electrons. The maximum atomic E-state index is 12.8. The molecule has 2 amide bonds. The Bertz CT molecular complexity index is 1070. The lowest BCUT2D eigenvalue weighted by Gasteiger charge is -2.26. The number of sulfonamides is 1. The maximum absolute atomic E-state index is 12.8. The van der Waals surface area contributed by atoms with E-state index in [2.05, 4.69) is 10.9 Å². The van der Waals surface area contributed by atoms with Gasteiger partial charge in [0.2, 0.25) is 10.0 Å². The fourth-order valence-corrected chi connectivity index (χ4v) is 5.27. The Morgan fingerprint density at radius 3 is 2.52 bits per heavy atom. The van der Waals surface area contributed by atoms with Crippen LogP contribution >= 0.6 is 22.9 Å². The van der Waals surface area contributed by atoms with Crippen molar-refractivity contribution in [3.05, 3.63) is 51.2 Å². The Morgan fingerprint density at radius 2 is 1.84 bits per heavy atom. The quantitative estimate of drug-likeness (QED) is 0.477. The lowest BCUT2D eigenvalue weighted by atomic mass is 10.2. The maximum Gasteiger partial charge on any atom is 0.340 e. The van der Waals surface area contributed by atoms with Gasteiger partial charge in [-0.2, -0.15) is 4.31 Å². The minimum absolute atomic E-state index is 0.00556. The molecule has 9 nitrogen and oxygen atoms in total. The van der Waals surface area contributed by atoms with Crippen molar-refractivity contribution < 1.29 is 27.5 Å². The average Bonchev–Trinajstić information content (AvgIpc) is 3.31. The van der Waals surface area contributed by atoms with E-state index in [0.717, 1.165) is 25.3 Å². The number of carbonyl (C=O) groups is 3. The zero-order valence-electron chi connectivity index (χ0n) is 16.3. The second-order valence-corrected chi connectivity index (χ2v) is 9.95. The molecule has 1 fully saturated rings. The molecular weight excluding hydrogens is 466 g/mol. The first-order valence-electron chi connectivity index (χ1n) is 9.38. The first-order valence-corrected chi connectivity index (χ1v) is 12.1. The van der Waals surface area contributed by atoms with Crippen LogP contribution in [0.15, 0.2) is 40.6 Å². The van der Waals surface area contributed by atoms with E-state index < -0.39 is 34.4 Å². The van der Waals surface area contributed by atoms with E-state index in [0.29, 0.717) is 18.0 Å². The van der Waals surface area contributed by atoms with Gasteiger partial charge in [0.1, 0.15) is 0 Å². The number of carbonyl (C=O) groups excluding carboxylic acids is 3. The van der Waals surface area contributed by atoms with Crippen LogP contribution in [0.25, 0.3) is 0 Å². The van der Waals surface area contributed by atoms with E-state index in [1.54, 1.807) is 17.5 Å². The molecule has 12 heteroatoms. The SMILES string of the molecule is O=C(COC(=O)c1cc(S(=O)(=O)N2CCCCC2)ccc1Cl)NNC(=O)c1cccs1. The highest BCUT2D eigenvalue weighted by atomic mass is 35.5. The van der Waals surface area contributed by atoms with Crippen LogP contribution in [-0.2, 0) is 19.6 Å². The molecule has 1 aliphatic rings. The van der Waals surface area contributed by atoms with Crippen LogP contribution in [0, 0.1) is 0 Å². The molecule has 1 aromatic carbocycles. The van der Waals surface area contributed by atoms with Crippen LogP contribution in [0.4, 0.5) is 0 Å². The van der Waals surface area contributed by atoms with Crippen molar-refractivity contribution in [2.75, 3.05) is 19.7 Å². The summed E-state index contributed by atoms with van der Waals surface area (Å²) in [4.78, 5) is 36.3. The number of amides is 2. The summed E-state index contributed by atoms with van der Waals surface area (Å²) in [5.74, 6) is -2.24. The summed E-state index contributed by atoms with van der Waals surface area (Å²) in [6.45, 7) is 0.146. The molecule has 0 radical (unpaired) electrons. The zero-order valence-corrected chi connectivity index (χ0v) is 18.7. The number of halogens is 1. The number of ether oxygens (including phenoxy) is 1. The lowest BCUT2D eigenvalue weighted by molar-refractivity contribution is -0.125. The highest BCUT2D eigenvalue weighted by Crippen LogP contribution is 2.25. The molecule has 1 aliphatic heterocycles. The van der Waals surface area contributed by atoms with Gasteiger partial charge in [0.15, 0.2) is 6.61 Å². The second kappa shape index (κ2) is 10.2. The van der Waals surface area contributed by atoms with Crippen LogP contribution in [0.1, 0.15) is 39.3 Å².